The molecule has 46 heavy (non-hydrogen) atoms. The van der Waals surface area contributed by atoms with Crippen LogP contribution in [0.25, 0.3) is 10.1 Å². The molecule has 1 fully saturated rings. The van der Waals surface area contributed by atoms with Gasteiger partial charge in [-0.25, -0.2) is 17.5 Å². The minimum Gasteiger partial charge on any atom is -0.339 e. The molecule has 0 saturated carbocycles. The molecule has 2 aliphatic rings. The smallest absolute Gasteiger partial charge is 0.262 e. The molecule has 2 N–H and O–H groups in total. The average Bonchev–Trinajstić information content (AvgIpc) is 3.64. The van der Waals surface area contributed by atoms with Gasteiger partial charge in [0.1, 0.15) is 16.8 Å². The number of carbonyl (C=O) groups is 4. The number of carbonyl (C=O) groups excluding carboxylic acids is 4. The zero-order valence-electron chi connectivity index (χ0n) is 24.4. The Morgan fingerprint density at radius 2 is 1.70 bits per heavy atom. The number of hydrogen-bond donors (Lipinski definition) is 2. The number of benzene rings is 3. The SMILES string of the molecule is CC1C[C@H](NC(=O)c2cc3ccccc3s2)C(=O)N1CC[C@H](CN1C(=O)c2ccccc2C1=O)NS(=O)(=O)c1ccc(F)cc1Cl. The monoisotopic (exact) mass is 682 g/mol. The largest absolute Gasteiger partial charge is 0.339 e. The van der Waals surface area contributed by atoms with Crippen molar-refractivity contribution >= 4 is 66.7 Å². The molecule has 0 bridgehead atoms. The third-order valence-corrected chi connectivity index (χ3v) is 11.3. The van der Waals surface area contributed by atoms with Crippen LogP contribution in [-0.2, 0) is 14.8 Å². The molecule has 3 aromatic carbocycles. The van der Waals surface area contributed by atoms with E-state index in [-0.39, 0.29) is 58.4 Å². The molecule has 238 valence electrons. The van der Waals surface area contributed by atoms with E-state index in [0.29, 0.717) is 11.3 Å². The van der Waals surface area contributed by atoms with Crippen LogP contribution in [0.5, 0.6) is 0 Å². The first-order valence-electron chi connectivity index (χ1n) is 14.5. The van der Waals surface area contributed by atoms with Crippen LogP contribution < -0.4 is 10.0 Å². The van der Waals surface area contributed by atoms with E-state index in [4.69, 9.17) is 11.6 Å². The molecule has 0 spiro atoms. The van der Waals surface area contributed by atoms with Crippen molar-refractivity contribution in [1.82, 2.24) is 19.8 Å². The fraction of sp³-hybridized carbons (Fsp3) is 0.250. The van der Waals surface area contributed by atoms with Crippen LogP contribution in [0.1, 0.15) is 50.2 Å². The molecule has 4 aromatic rings. The minimum atomic E-state index is -4.35. The summed E-state index contributed by atoms with van der Waals surface area (Å²) in [5, 5.41) is 3.42. The molecule has 3 atom stereocenters. The first-order chi connectivity index (χ1) is 21.9. The van der Waals surface area contributed by atoms with Gasteiger partial charge in [-0.1, -0.05) is 41.9 Å². The van der Waals surface area contributed by atoms with Crippen LogP contribution in [0, 0.1) is 5.82 Å². The van der Waals surface area contributed by atoms with Gasteiger partial charge in [0.25, 0.3) is 17.7 Å². The summed E-state index contributed by atoms with van der Waals surface area (Å²) in [6.07, 6.45) is 0.355. The molecular weight excluding hydrogens is 655 g/mol. The lowest BCUT2D eigenvalue weighted by atomic mass is 10.1. The number of likely N-dealkylation sites (tertiary alicyclic amines) is 1. The summed E-state index contributed by atoms with van der Waals surface area (Å²) in [5.74, 6) is -2.55. The van der Waals surface area contributed by atoms with Gasteiger partial charge in [-0.05, 0) is 67.6 Å². The number of thiophene rings is 1. The number of nitrogens with one attached hydrogen (secondary N) is 2. The minimum absolute atomic E-state index is 0.0124. The number of imide groups is 1. The maximum absolute atomic E-state index is 13.7. The predicted octanol–water partition coefficient (Wildman–Crippen LogP) is 4.45. The lowest BCUT2D eigenvalue weighted by molar-refractivity contribution is -0.130. The van der Waals surface area contributed by atoms with Gasteiger partial charge in [0.05, 0.1) is 21.0 Å². The highest BCUT2D eigenvalue weighted by molar-refractivity contribution is 7.89. The van der Waals surface area contributed by atoms with Gasteiger partial charge in [-0.3, -0.25) is 24.1 Å². The molecule has 0 radical (unpaired) electrons. The average molecular weight is 683 g/mol. The Balaban J connectivity index is 1.18. The Hall–Kier alpha value is -4.17. The van der Waals surface area contributed by atoms with Crippen LogP contribution in [0.4, 0.5) is 4.39 Å². The van der Waals surface area contributed by atoms with Crippen LogP contribution in [0.15, 0.2) is 77.7 Å². The summed E-state index contributed by atoms with van der Waals surface area (Å²) in [5.41, 5.74) is 0.410. The standard InChI is InChI=1S/C32H28ClFN4O6S2/c1-18-14-25(35-29(39)27-15-19-6-2-5-9-26(19)45-27)32(42)37(18)13-12-21(36-46(43,44)28-11-10-20(34)16-24(28)33)17-38-30(40)22-7-3-4-8-23(22)31(38)41/h2-11,15-16,18,21,25,36H,12-14,17H2,1H3,(H,35,39)/t18?,21-,25+/m1/s1. The molecule has 1 saturated heterocycles. The van der Waals surface area contributed by atoms with E-state index in [1.54, 1.807) is 23.1 Å². The number of nitrogens with zero attached hydrogens (tertiary/aromatic N) is 2. The maximum Gasteiger partial charge on any atom is 0.262 e. The summed E-state index contributed by atoms with van der Waals surface area (Å²) in [6, 6.07) is 16.4. The summed E-state index contributed by atoms with van der Waals surface area (Å²) in [7, 11) is -4.35. The Kier molecular flexibility index (Phi) is 8.68. The van der Waals surface area contributed by atoms with Gasteiger partial charge in [0.15, 0.2) is 0 Å². The summed E-state index contributed by atoms with van der Waals surface area (Å²) in [4.78, 5) is 55.3. The lowest BCUT2D eigenvalue weighted by Crippen LogP contribution is -2.48. The Labute approximate surface area is 273 Å². The van der Waals surface area contributed by atoms with Crippen molar-refractivity contribution in [3.8, 4) is 0 Å². The van der Waals surface area contributed by atoms with Crippen LogP contribution in [0.3, 0.4) is 0 Å². The fourth-order valence-electron chi connectivity index (χ4n) is 5.84. The highest BCUT2D eigenvalue weighted by atomic mass is 35.5. The third-order valence-electron chi connectivity index (χ3n) is 8.15. The third kappa shape index (κ3) is 6.15. The van der Waals surface area contributed by atoms with Gasteiger partial charge in [-0.2, -0.15) is 0 Å². The van der Waals surface area contributed by atoms with E-state index >= 15 is 0 Å². The zero-order chi connectivity index (χ0) is 32.7. The van der Waals surface area contributed by atoms with Crippen molar-refractivity contribution in [2.75, 3.05) is 13.1 Å². The number of amides is 4. The molecule has 1 aromatic heterocycles. The van der Waals surface area contributed by atoms with Crippen molar-refractivity contribution in [1.29, 1.82) is 0 Å². The molecule has 10 nitrogen and oxygen atoms in total. The van der Waals surface area contributed by atoms with Crippen molar-refractivity contribution in [2.24, 2.45) is 0 Å². The fourth-order valence-corrected chi connectivity index (χ4v) is 8.60. The van der Waals surface area contributed by atoms with Gasteiger partial charge >= 0.3 is 0 Å². The quantitative estimate of drug-likeness (QED) is 0.238. The zero-order valence-corrected chi connectivity index (χ0v) is 26.8. The van der Waals surface area contributed by atoms with Crippen molar-refractivity contribution in [2.45, 2.75) is 42.8 Å². The molecule has 0 aliphatic carbocycles. The maximum atomic E-state index is 13.7. The Morgan fingerprint density at radius 1 is 1.02 bits per heavy atom. The number of halogens is 2. The van der Waals surface area contributed by atoms with Crippen LogP contribution in [-0.4, -0.2) is 73.1 Å². The molecule has 2 aliphatic heterocycles. The van der Waals surface area contributed by atoms with Gasteiger partial charge in [0.2, 0.25) is 15.9 Å². The highest BCUT2D eigenvalue weighted by Crippen LogP contribution is 2.28. The molecule has 14 heteroatoms. The topological polar surface area (TPSA) is 133 Å². The first-order valence-corrected chi connectivity index (χ1v) is 17.1. The van der Waals surface area contributed by atoms with E-state index in [1.165, 1.54) is 23.5 Å². The second-order valence-corrected chi connectivity index (χ2v) is 14.4. The molecule has 1 unspecified atom stereocenters. The summed E-state index contributed by atoms with van der Waals surface area (Å²) < 4.78 is 43.9. The Morgan fingerprint density at radius 3 is 2.37 bits per heavy atom. The van der Waals surface area contributed by atoms with E-state index in [9.17, 15) is 32.0 Å². The van der Waals surface area contributed by atoms with E-state index < -0.39 is 39.7 Å². The van der Waals surface area contributed by atoms with Crippen molar-refractivity contribution in [3.05, 3.63) is 99.6 Å². The summed E-state index contributed by atoms with van der Waals surface area (Å²) in [6.45, 7) is 1.56. The van der Waals surface area contributed by atoms with Crippen LogP contribution >= 0.6 is 22.9 Å². The van der Waals surface area contributed by atoms with E-state index in [2.05, 4.69) is 10.0 Å². The van der Waals surface area contributed by atoms with Gasteiger partial charge in [0, 0.05) is 29.9 Å². The first kappa shape index (κ1) is 31.8. The van der Waals surface area contributed by atoms with Crippen molar-refractivity contribution < 1.29 is 32.0 Å². The number of fused-ring (bicyclic) bond motifs is 2. The number of sulfonamides is 1. The normalized spacial score (nSPS) is 18.8. The summed E-state index contributed by atoms with van der Waals surface area (Å²) >= 11 is 7.38. The lowest BCUT2D eigenvalue weighted by Gasteiger charge is -2.27. The molecule has 3 heterocycles. The van der Waals surface area contributed by atoms with Crippen molar-refractivity contribution in [3.63, 3.8) is 0 Å². The molecular formula is C32H28ClFN4O6S2. The van der Waals surface area contributed by atoms with E-state index in [0.717, 1.165) is 33.2 Å². The molecule has 6 rings (SSSR count). The second kappa shape index (κ2) is 12.6. The Bertz CT molecular complexity index is 1930. The highest BCUT2D eigenvalue weighted by Gasteiger charge is 2.40. The second-order valence-electron chi connectivity index (χ2n) is 11.2. The van der Waals surface area contributed by atoms with E-state index in [1.807, 2.05) is 31.2 Å². The predicted molar refractivity (Wildman–Crippen MR) is 171 cm³/mol. The number of hydrogen-bond acceptors (Lipinski definition) is 7. The molecule has 4 amide bonds. The van der Waals surface area contributed by atoms with Crippen LogP contribution in [0.2, 0.25) is 5.02 Å². The number of rotatable bonds is 10. The van der Waals surface area contributed by atoms with Gasteiger partial charge in [-0.15, -0.1) is 11.3 Å². The van der Waals surface area contributed by atoms with Gasteiger partial charge < -0.3 is 10.2 Å².